The minimum absolute atomic E-state index is 0.0740. The number of nitrogens with one attached hydrogen (secondary N) is 2. The fraction of sp³-hybridized carbons (Fsp3) is 0.467. The third-order valence-corrected chi connectivity index (χ3v) is 3.63. The van der Waals surface area contributed by atoms with E-state index in [9.17, 15) is 9.59 Å². The fourth-order valence-corrected chi connectivity index (χ4v) is 2.46. The minimum atomic E-state index is -0.237. The molecule has 1 aliphatic rings. The van der Waals surface area contributed by atoms with Gasteiger partial charge in [-0.15, -0.1) is 11.6 Å². The summed E-state index contributed by atoms with van der Waals surface area (Å²) in [5, 5.41) is 5.55. The highest BCUT2D eigenvalue weighted by molar-refractivity contribution is 6.17. The molecule has 0 saturated carbocycles. The number of benzene rings is 1. The molecular weight excluding hydrogens is 290 g/mol. The molecule has 1 fully saturated rings. The molecular formula is C15H20ClN3O2. The molecule has 1 heterocycles. The molecule has 5 nitrogen and oxygen atoms in total. The van der Waals surface area contributed by atoms with Crippen LogP contribution >= 0.6 is 11.6 Å². The number of rotatable bonds is 6. The summed E-state index contributed by atoms with van der Waals surface area (Å²) in [6.07, 6.45) is 1.09. The fourth-order valence-electron chi connectivity index (χ4n) is 2.33. The van der Waals surface area contributed by atoms with Crippen molar-refractivity contribution in [2.75, 3.05) is 19.0 Å². The molecule has 1 unspecified atom stereocenters. The molecule has 1 atom stereocenters. The van der Waals surface area contributed by atoms with Gasteiger partial charge in [-0.1, -0.05) is 30.3 Å². The highest BCUT2D eigenvalue weighted by Gasteiger charge is 2.30. The van der Waals surface area contributed by atoms with Gasteiger partial charge in [-0.3, -0.25) is 4.79 Å². The first-order valence-electron chi connectivity index (χ1n) is 7.11. The Morgan fingerprint density at radius 3 is 2.81 bits per heavy atom. The van der Waals surface area contributed by atoms with Gasteiger partial charge in [-0.05, 0) is 12.0 Å². The summed E-state index contributed by atoms with van der Waals surface area (Å²) in [6.45, 7) is 1.69. The van der Waals surface area contributed by atoms with Gasteiger partial charge in [0.05, 0.1) is 6.04 Å². The van der Waals surface area contributed by atoms with E-state index in [-0.39, 0.29) is 18.0 Å². The van der Waals surface area contributed by atoms with E-state index in [1.165, 1.54) is 0 Å². The van der Waals surface area contributed by atoms with Crippen LogP contribution in [0.25, 0.3) is 0 Å². The van der Waals surface area contributed by atoms with Crippen molar-refractivity contribution < 1.29 is 9.59 Å². The van der Waals surface area contributed by atoms with Gasteiger partial charge in [0.1, 0.15) is 0 Å². The number of halogens is 1. The van der Waals surface area contributed by atoms with E-state index < -0.39 is 0 Å². The molecule has 1 aromatic carbocycles. The average Bonchev–Trinajstić information content (AvgIpc) is 2.80. The van der Waals surface area contributed by atoms with Crippen LogP contribution in [0, 0.1) is 0 Å². The summed E-state index contributed by atoms with van der Waals surface area (Å²) >= 11 is 5.55. The molecule has 114 valence electrons. The predicted octanol–water partition coefficient (Wildman–Crippen LogP) is 1.72. The Balaban J connectivity index is 1.78. The molecule has 21 heavy (non-hydrogen) atoms. The van der Waals surface area contributed by atoms with Crippen LogP contribution in [0.3, 0.4) is 0 Å². The minimum Gasteiger partial charge on any atom is -0.338 e. The lowest BCUT2D eigenvalue weighted by molar-refractivity contribution is -0.128. The first-order valence-corrected chi connectivity index (χ1v) is 7.64. The lowest BCUT2D eigenvalue weighted by atomic mass is 10.2. The van der Waals surface area contributed by atoms with Gasteiger partial charge < -0.3 is 15.5 Å². The molecule has 1 aliphatic heterocycles. The lowest BCUT2D eigenvalue weighted by Crippen LogP contribution is -2.43. The summed E-state index contributed by atoms with van der Waals surface area (Å²) in [5.74, 6) is 0.595. The molecule has 0 aromatic heterocycles. The maximum Gasteiger partial charge on any atom is 0.315 e. The van der Waals surface area contributed by atoms with Gasteiger partial charge in [0.15, 0.2) is 0 Å². The topological polar surface area (TPSA) is 61.4 Å². The number of likely N-dealkylation sites (tertiary alicyclic amines) is 1. The number of carbonyl (C=O) groups excluding carboxylic acids is 2. The van der Waals surface area contributed by atoms with Crippen LogP contribution in [0.2, 0.25) is 0 Å². The normalized spacial score (nSPS) is 17.9. The molecule has 0 spiro atoms. The third-order valence-electron chi connectivity index (χ3n) is 3.36. The maximum absolute atomic E-state index is 12.0. The molecule has 6 heteroatoms. The number of amides is 3. The molecule has 1 aromatic rings. The second-order valence-corrected chi connectivity index (χ2v) is 5.48. The van der Waals surface area contributed by atoms with Crippen LogP contribution in [-0.2, 0) is 11.3 Å². The van der Waals surface area contributed by atoms with Crippen molar-refractivity contribution in [2.45, 2.75) is 25.4 Å². The summed E-state index contributed by atoms with van der Waals surface area (Å²) in [7, 11) is 0. The summed E-state index contributed by atoms with van der Waals surface area (Å²) in [6, 6.07) is 9.48. The zero-order valence-corrected chi connectivity index (χ0v) is 12.6. The van der Waals surface area contributed by atoms with Gasteiger partial charge in [-0.2, -0.15) is 0 Å². The molecule has 0 aliphatic carbocycles. The van der Waals surface area contributed by atoms with Crippen molar-refractivity contribution in [3.8, 4) is 0 Å². The van der Waals surface area contributed by atoms with E-state index in [1.807, 2.05) is 30.3 Å². The van der Waals surface area contributed by atoms with Crippen molar-refractivity contribution in [3.63, 3.8) is 0 Å². The van der Waals surface area contributed by atoms with Crippen molar-refractivity contribution in [1.82, 2.24) is 15.5 Å². The first-order chi connectivity index (χ1) is 10.2. The lowest BCUT2D eigenvalue weighted by Gasteiger charge is -2.17. The average molecular weight is 310 g/mol. The van der Waals surface area contributed by atoms with E-state index in [4.69, 9.17) is 11.6 Å². The SMILES string of the molecule is O=C(NCCCCl)NC1CC(=O)N(Cc2ccccc2)C1. The number of alkyl halides is 1. The molecule has 2 rings (SSSR count). The van der Waals surface area contributed by atoms with Crippen LogP contribution in [0.15, 0.2) is 30.3 Å². The van der Waals surface area contributed by atoms with Gasteiger partial charge >= 0.3 is 6.03 Å². The van der Waals surface area contributed by atoms with E-state index in [0.717, 1.165) is 12.0 Å². The van der Waals surface area contributed by atoms with E-state index in [1.54, 1.807) is 4.90 Å². The number of hydrogen-bond acceptors (Lipinski definition) is 2. The Labute approximate surface area is 129 Å². The zero-order chi connectivity index (χ0) is 15.1. The standard InChI is InChI=1S/C15H20ClN3O2/c16-7-4-8-17-15(21)18-13-9-14(20)19(11-13)10-12-5-2-1-3-6-12/h1-3,5-6,13H,4,7-11H2,(H2,17,18,21). The summed E-state index contributed by atoms with van der Waals surface area (Å²) < 4.78 is 0. The second kappa shape index (κ2) is 7.88. The first kappa shape index (κ1) is 15.6. The van der Waals surface area contributed by atoms with Crippen molar-refractivity contribution in [3.05, 3.63) is 35.9 Å². The van der Waals surface area contributed by atoms with Crippen LogP contribution in [-0.4, -0.2) is 41.8 Å². The van der Waals surface area contributed by atoms with Gasteiger partial charge in [-0.25, -0.2) is 4.79 Å². The Bertz CT molecular complexity index is 481. The highest BCUT2D eigenvalue weighted by atomic mass is 35.5. The summed E-state index contributed by atoms with van der Waals surface area (Å²) in [4.78, 5) is 25.4. The summed E-state index contributed by atoms with van der Waals surface area (Å²) in [5.41, 5.74) is 1.10. The Hall–Kier alpha value is -1.75. The van der Waals surface area contributed by atoms with Gasteiger partial charge in [0, 0.05) is 31.9 Å². The number of hydrogen-bond donors (Lipinski definition) is 2. The van der Waals surface area contributed by atoms with Gasteiger partial charge in [0.2, 0.25) is 5.91 Å². The zero-order valence-electron chi connectivity index (χ0n) is 11.8. The largest absolute Gasteiger partial charge is 0.338 e. The Morgan fingerprint density at radius 1 is 1.33 bits per heavy atom. The smallest absolute Gasteiger partial charge is 0.315 e. The van der Waals surface area contributed by atoms with E-state index >= 15 is 0 Å². The van der Waals surface area contributed by atoms with E-state index in [2.05, 4.69) is 10.6 Å². The monoisotopic (exact) mass is 309 g/mol. The molecule has 1 saturated heterocycles. The second-order valence-electron chi connectivity index (χ2n) is 5.10. The van der Waals surface area contributed by atoms with Crippen LogP contribution < -0.4 is 10.6 Å². The van der Waals surface area contributed by atoms with Crippen molar-refractivity contribution >= 4 is 23.5 Å². The Morgan fingerprint density at radius 2 is 2.10 bits per heavy atom. The predicted molar refractivity (Wildman–Crippen MR) is 82.1 cm³/mol. The van der Waals surface area contributed by atoms with E-state index in [0.29, 0.717) is 31.9 Å². The number of carbonyl (C=O) groups is 2. The number of urea groups is 1. The number of nitrogens with zero attached hydrogens (tertiary/aromatic N) is 1. The third kappa shape index (κ3) is 4.93. The molecule has 0 bridgehead atoms. The van der Waals surface area contributed by atoms with Crippen LogP contribution in [0.4, 0.5) is 4.79 Å². The molecule has 2 N–H and O–H groups in total. The molecule has 3 amide bonds. The maximum atomic E-state index is 12.0. The van der Waals surface area contributed by atoms with Crippen molar-refractivity contribution in [2.24, 2.45) is 0 Å². The van der Waals surface area contributed by atoms with Crippen molar-refractivity contribution in [1.29, 1.82) is 0 Å². The molecule has 0 radical (unpaired) electrons. The highest BCUT2D eigenvalue weighted by Crippen LogP contribution is 2.14. The van der Waals surface area contributed by atoms with Crippen LogP contribution in [0.5, 0.6) is 0 Å². The quantitative estimate of drug-likeness (QED) is 0.621. The van der Waals surface area contributed by atoms with Gasteiger partial charge in [0.25, 0.3) is 0 Å². The Kier molecular flexibility index (Phi) is 5.87. The van der Waals surface area contributed by atoms with Crippen LogP contribution in [0.1, 0.15) is 18.4 Å².